The van der Waals surface area contributed by atoms with Gasteiger partial charge in [0.25, 0.3) is 0 Å². The molecular formula is C20H20Cl2N4O2S. The summed E-state index contributed by atoms with van der Waals surface area (Å²) in [6.45, 7) is 1.01. The van der Waals surface area contributed by atoms with Crippen LogP contribution in [0.4, 0.5) is 0 Å². The number of benzene rings is 2. The maximum Gasteiger partial charge on any atom is 0.180 e. The number of ether oxygens (including phenoxy) is 2. The number of amidine groups is 2. The zero-order valence-electron chi connectivity index (χ0n) is 15.2. The number of thiophene rings is 1. The molecule has 152 valence electrons. The summed E-state index contributed by atoms with van der Waals surface area (Å²) in [7, 11) is 0. The second-order valence-corrected chi connectivity index (χ2v) is 7.12. The van der Waals surface area contributed by atoms with Crippen LogP contribution in [-0.2, 0) is 0 Å². The molecule has 0 bridgehead atoms. The topological polar surface area (TPSA) is 118 Å². The van der Waals surface area contributed by atoms with Crippen molar-refractivity contribution >= 4 is 47.8 Å². The number of halogens is 2. The smallest absolute Gasteiger partial charge is 0.180 e. The van der Waals surface area contributed by atoms with Gasteiger partial charge in [-0.3, -0.25) is 10.8 Å². The van der Waals surface area contributed by atoms with Gasteiger partial charge in [-0.15, -0.1) is 36.2 Å². The molecule has 0 saturated heterocycles. The van der Waals surface area contributed by atoms with E-state index in [1.54, 1.807) is 11.3 Å². The van der Waals surface area contributed by atoms with Gasteiger partial charge in [-0.25, -0.2) is 0 Å². The van der Waals surface area contributed by atoms with E-state index in [-0.39, 0.29) is 36.5 Å². The van der Waals surface area contributed by atoms with Gasteiger partial charge in [-0.2, -0.15) is 0 Å². The molecule has 2 aromatic carbocycles. The minimum absolute atomic E-state index is 0. The molecule has 1 aromatic heterocycles. The Morgan fingerprint density at radius 1 is 0.690 bits per heavy atom. The first-order valence-electron chi connectivity index (χ1n) is 8.36. The summed E-state index contributed by atoms with van der Waals surface area (Å²) < 4.78 is 11.8. The van der Waals surface area contributed by atoms with E-state index in [0.29, 0.717) is 24.3 Å². The molecule has 0 unspecified atom stereocenters. The lowest BCUT2D eigenvalue weighted by atomic mass is 10.1. The number of nitrogens with one attached hydrogen (secondary N) is 2. The van der Waals surface area contributed by atoms with Crippen LogP contribution in [0.15, 0.2) is 48.5 Å². The molecule has 6 N–H and O–H groups in total. The fraction of sp³-hybridized carbons (Fsp3) is 0.100. The van der Waals surface area contributed by atoms with E-state index in [2.05, 4.69) is 0 Å². The van der Waals surface area contributed by atoms with Crippen molar-refractivity contribution in [2.45, 2.75) is 0 Å². The largest absolute Gasteiger partial charge is 0.485 e. The summed E-state index contributed by atoms with van der Waals surface area (Å²) in [5, 5.41) is 15.1. The van der Waals surface area contributed by atoms with Gasteiger partial charge in [0.2, 0.25) is 0 Å². The third-order valence-electron chi connectivity index (χ3n) is 4.32. The maximum atomic E-state index is 7.54. The van der Waals surface area contributed by atoms with E-state index < -0.39 is 0 Å². The molecule has 0 atom stereocenters. The van der Waals surface area contributed by atoms with Gasteiger partial charge in [0.1, 0.15) is 24.9 Å². The monoisotopic (exact) mass is 450 g/mol. The molecular weight excluding hydrogens is 431 g/mol. The van der Waals surface area contributed by atoms with Gasteiger partial charge in [0, 0.05) is 11.1 Å². The van der Waals surface area contributed by atoms with Gasteiger partial charge in [-0.05, 0) is 11.1 Å². The van der Waals surface area contributed by atoms with Gasteiger partial charge < -0.3 is 20.9 Å². The zero-order chi connectivity index (χ0) is 19.0. The van der Waals surface area contributed by atoms with Crippen LogP contribution in [0.2, 0.25) is 0 Å². The van der Waals surface area contributed by atoms with Crippen molar-refractivity contribution < 1.29 is 9.47 Å². The Hall–Kier alpha value is -2.74. The summed E-state index contributed by atoms with van der Waals surface area (Å²) in [5.41, 5.74) is 14.4. The number of nitrogens with two attached hydrogens (primary N) is 2. The summed E-state index contributed by atoms with van der Waals surface area (Å²) >= 11 is 1.59. The van der Waals surface area contributed by atoms with Crippen LogP contribution in [0.1, 0.15) is 11.1 Å². The molecule has 0 saturated carbocycles. The number of fused-ring (bicyclic) bond motifs is 1. The van der Waals surface area contributed by atoms with E-state index in [1.807, 2.05) is 48.5 Å². The first-order valence-corrected chi connectivity index (χ1v) is 9.18. The Morgan fingerprint density at radius 3 is 1.34 bits per heavy atom. The van der Waals surface area contributed by atoms with Crippen molar-refractivity contribution in [3.63, 3.8) is 0 Å². The van der Waals surface area contributed by atoms with Gasteiger partial charge >= 0.3 is 0 Å². The van der Waals surface area contributed by atoms with Crippen LogP contribution in [0.25, 0.3) is 20.9 Å². The third kappa shape index (κ3) is 4.32. The first-order chi connectivity index (χ1) is 13.0. The van der Waals surface area contributed by atoms with E-state index in [9.17, 15) is 0 Å². The van der Waals surface area contributed by atoms with E-state index in [4.69, 9.17) is 31.8 Å². The third-order valence-corrected chi connectivity index (χ3v) is 5.57. The summed E-state index contributed by atoms with van der Waals surface area (Å²) in [5.74, 6) is 1.57. The highest BCUT2D eigenvalue weighted by Gasteiger charge is 2.26. The maximum absolute atomic E-state index is 7.54. The van der Waals surface area contributed by atoms with Crippen molar-refractivity contribution in [1.82, 2.24) is 0 Å². The van der Waals surface area contributed by atoms with Gasteiger partial charge in [0.05, 0.1) is 9.75 Å². The molecule has 1 aliphatic heterocycles. The Bertz CT molecular complexity index is 952. The number of hydrogen-bond acceptors (Lipinski definition) is 5. The average Bonchev–Trinajstić information content (AvgIpc) is 3.08. The van der Waals surface area contributed by atoms with Gasteiger partial charge in [0.15, 0.2) is 11.5 Å². The van der Waals surface area contributed by atoms with Crippen LogP contribution in [0, 0.1) is 10.8 Å². The summed E-state index contributed by atoms with van der Waals surface area (Å²) in [6, 6.07) is 15.0. The van der Waals surface area contributed by atoms with Crippen molar-refractivity contribution in [2.75, 3.05) is 13.2 Å². The molecule has 4 rings (SSSR count). The van der Waals surface area contributed by atoms with Crippen LogP contribution in [-0.4, -0.2) is 24.9 Å². The SMILES string of the molecule is Cl.Cl.N=C(N)c1ccc(-c2sc(-c3ccc(C(=N)N)cc3)c3c2OCCO3)cc1. The Kier molecular flexibility index (Phi) is 7.13. The molecule has 0 radical (unpaired) electrons. The van der Waals surface area contributed by atoms with E-state index >= 15 is 0 Å². The number of rotatable bonds is 4. The molecule has 2 heterocycles. The molecule has 29 heavy (non-hydrogen) atoms. The fourth-order valence-corrected chi connectivity index (χ4v) is 4.13. The number of nitrogen functional groups attached to an aromatic ring is 2. The lowest BCUT2D eigenvalue weighted by Gasteiger charge is -2.17. The molecule has 0 spiro atoms. The standard InChI is InChI=1S/C20H18N4O2S.2ClH/c21-19(22)13-5-1-11(2-6-13)17-15-16(26-10-9-25-15)18(27-17)12-3-7-14(8-4-12)20(23)24;;/h1-8H,9-10H2,(H3,21,22)(H3,23,24);2*1H. The highest BCUT2D eigenvalue weighted by Crippen LogP contribution is 2.53. The Labute approximate surface area is 184 Å². The Morgan fingerprint density at radius 2 is 1.03 bits per heavy atom. The van der Waals surface area contributed by atoms with Crippen molar-refractivity contribution in [3.8, 4) is 32.4 Å². The molecule has 0 fully saturated rings. The fourth-order valence-electron chi connectivity index (χ4n) is 2.93. The average molecular weight is 451 g/mol. The molecule has 1 aliphatic rings. The van der Waals surface area contributed by atoms with E-state index in [1.165, 1.54) is 0 Å². The van der Waals surface area contributed by atoms with Crippen molar-refractivity contribution in [2.24, 2.45) is 11.5 Å². The minimum atomic E-state index is 0. The van der Waals surface area contributed by atoms with Crippen LogP contribution in [0.5, 0.6) is 11.5 Å². The van der Waals surface area contributed by atoms with Crippen molar-refractivity contribution in [1.29, 1.82) is 10.8 Å². The predicted molar refractivity (Wildman–Crippen MR) is 123 cm³/mol. The van der Waals surface area contributed by atoms with Crippen molar-refractivity contribution in [3.05, 3.63) is 59.7 Å². The molecule has 9 heteroatoms. The normalized spacial score (nSPS) is 11.7. The Balaban J connectivity index is 0.00000150. The van der Waals surface area contributed by atoms with Crippen LogP contribution in [0.3, 0.4) is 0 Å². The predicted octanol–water partition coefficient (Wildman–Crippen LogP) is 4.27. The lowest BCUT2D eigenvalue weighted by molar-refractivity contribution is 0.175. The summed E-state index contributed by atoms with van der Waals surface area (Å²) in [4.78, 5) is 1.95. The van der Waals surface area contributed by atoms with Crippen LogP contribution < -0.4 is 20.9 Å². The minimum Gasteiger partial charge on any atom is -0.485 e. The molecule has 0 aliphatic carbocycles. The highest BCUT2D eigenvalue weighted by molar-refractivity contribution is 7.19. The zero-order valence-corrected chi connectivity index (χ0v) is 17.7. The highest BCUT2D eigenvalue weighted by atomic mass is 35.5. The van der Waals surface area contributed by atoms with Gasteiger partial charge in [-0.1, -0.05) is 48.5 Å². The second-order valence-electron chi connectivity index (χ2n) is 6.10. The first kappa shape index (κ1) is 22.5. The van der Waals surface area contributed by atoms with Crippen LogP contribution >= 0.6 is 36.2 Å². The molecule has 6 nitrogen and oxygen atoms in total. The van der Waals surface area contributed by atoms with E-state index in [0.717, 1.165) is 32.4 Å². The lowest BCUT2D eigenvalue weighted by Crippen LogP contribution is -2.15. The molecule has 0 amide bonds. The summed E-state index contributed by atoms with van der Waals surface area (Å²) in [6.07, 6.45) is 0. The molecule has 3 aromatic rings. The number of hydrogen-bond donors (Lipinski definition) is 4. The second kappa shape index (κ2) is 9.17. The quantitative estimate of drug-likeness (QED) is 0.350.